The Balaban J connectivity index is 1.50. The number of para-hydroxylation sites is 2. The van der Waals surface area contributed by atoms with E-state index in [1.165, 1.54) is 33.4 Å². The Kier molecular flexibility index (Phi) is 7.49. The molecule has 2 aromatic heterocycles. The number of aromatic nitrogens is 3. The fourth-order valence-corrected chi connectivity index (χ4v) is 7.04. The number of anilines is 2. The first-order valence-corrected chi connectivity index (χ1v) is 16.8. The summed E-state index contributed by atoms with van der Waals surface area (Å²) in [5, 5.41) is 0. The molecule has 0 unspecified atom stereocenters. The Bertz CT molecular complexity index is 2270. The molecule has 0 saturated heterocycles. The number of benzene rings is 5. The van der Waals surface area contributed by atoms with E-state index in [9.17, 15) is 0 Å². The van der Waals surface area contributed by atoms with Crippen LogP contribution in [-0.2, 0) is 0 Å². The zero-order valence-electron chi connectivity index (χ0n) is 27.8. The van der Waals surface area contributed by atoms with Gasteiger partial charge in [-0.3, -0.25) is 4.57 Å². The van der Waals surface area contributed by atoms with Crippen molar-refractivity contribution in [3.05, 3.63) is 162 Å². The highest BCUT2D eigenvalue weighted by Gasteiger charge is 2.30. The van der Waals surface area contributed by atoms with Gasteiger partial charge in [0.1, 0.15) is 5.52 Å². The summed E-state index contributed by atoms with van der Waals surface area (Å²) in [6.45, 7) is 9.16. The molecule has 234 valence electrons. The van der Waals surface area contributed by atoms with Gasteiger partial charge >= 0.3 is 0 Å². The predicted octanol–water partition coefficient (Wildman–Crippen LogP) is 11.7. The summed E-state index contributed by atoms with van der Waals surface area (Å²) < 4.78 is 2.34. The van der Waals surface area contributed by atoms with Crippen molar-refractivity contribution < 1.29 is 0 Å². The average Bonchev–Trinajstić information content (AvgIpc) is 3.43. The van der Waals surface area contributed by atoms with E-state index in [0.29, 0.717) is 0 Å². The molecular formula is C44H38N4. The fourth-order valence-electron chi connectivity index (χ4n) is 7.04. The number of hydrogen-bond donors (Lipinski definition) is 0. The van der Waals surface area contributed by atoms with Crippen molar-refractivity contribution in [2.45, 2.75) is 39.5 Å². The van der Waals surface area contributed by atoms with E-state index in [1.54, 1.807) is 0 Å². The highest BCUT2D eigenvalue weighted by atomic mass is 15.2. The Hall–Kier alpha value is -5.74. The van der Waals surface area contributed by atoms with Crippen LogP contribution in [0.2, 0.25) is 0 Å². The quantitative estimate of drug-likeness (QED) is 0.185. The molecule has 48 heavy (non-hydrogen) atoms. The average molecular weight is 623 g/mol. The topological polar surface area (TPSA) is 34.0 Å². The second kappa shape index (κ2) is 12.1. The Morgan fingerprint density at radius 2 is 1.21 bits per heavy atom. The molecule has 0 radical (unpaired) electrons. The predicted molar refractivity (Wildman–Crippen MR) is 201 cm³/mol. The molecule has 4 heteroatoms. The summed E-state index contributed by atoms with van der Waals surface area (Å²) in [7, 11) is 0. The summed E-state index contributed by atoms with van der Waals surface area (Å²) in [5.74, 6) is 1.37. The van der Waals surface area contributed by atoms with Crippen LogP contribution in [0, 0.1) is 0 Å². The first kappa shape index (κ1) is 29.6. The lowest BCUT2D eigenvalue weighted by Gasteiger charge is -2.30. The molecule has 0 atom stereocenters. The summed E-state index contributed by atoms with van der Waals surface area (Å²) in [4.78, 5) is 12.8. The Morgan fingerprint density at radius 1 is 0.583 bits per heavy atom. The van der Waals surface area contributed by atoms with Crippen LogP contribution in [0.4, 0.5) is 11.4 Å². The van der Waals surface area contributed by atoms with E-state index in [2.05, 4.69) is 171 Å². The number of nitrogens with zero attached hydrogens (tertiary/aromatic N) is 4. The van der Waals surface area contributed by atoms with Crippen LogP contribution in [0.25, 0.3) is 50.9 Å². The maximum absolute atomic E-state index is 5.45. The summed E-state index contributed by atoms with van der Waals surface area (Å²) in [6, 6.07) is 47.5. The number of rotatable bonds is 6. The summed E-state index contributed by atoms with van der Waals surface area (Å²) in [5.41, 5.74) is 14.6. The maximum atomic E-state index is 5.45. The van der Waals surface area contributed by atoms with Crippen molar-refractivity contribution in [1.29, 1.82) is 0 Å². The van der Waals surface area contributed by atoms with Crippen LogP contribution >= 0.6 is 0 Å². The minimum atomic E-state index is 0.255. The maximum Gasteiger partial charge on any atom is 0.165 e. The zero-order valence-corrected chi connectivity index (χ0v) is 27.8. The molecule has 0 spiro atoms. The normalized spacial score (nSPS) is 12.6. The van der Waals surface area contributed by atoms with Gasteiger partial charge in [0, 0.05) is 17.4 Å². The Labute approximate surface area is 282 Å². The molecule has 1 aliphatic rings. The van der Waals surface area contributed by atoms with E-state index in [4.69, 9.17) is 9.97 Å². The minimum absolute atomic E-state index is 0.255. The van der Waals surface area contributed by atoms with Crippen LogP contribution in [0.3, 0.4) is 0 Å². The van der Waals surface area contributed by atoms with Gasteiger partial charge in [-0.1, -0.05) is 119 Å². The van der Waals surface area contributed by atoms with Gasteiger partial charge in [-0.05, 0) is 93.8 Å². The van der Waals surface area contributed by atoms with Crippen molar-refractivity contribution >= 4 is 34.3 Å². The lowest BCUT2D eigenvalue weighted by molar-refractivity contribution is 0.805. The van der Waals surface area contributed by atoms with Crippen molar-refractivity contribution in [3.63, 3.8) is 0 Å². The van der Waals surface area contributed by atoms with Crippen LogP contribution in [0.15, 0.2) is 140 Å². The largest absolute Gasteiger partial charge is 0.306 e. The molecular weight excluding hydrogens is 585 g/mol. The highest BCUT2D eigenvalue weighted by Crippen LogP contribution is 2.47. The molecule has 8 rings (SSSR count). The Morgan fingerprint density at radius 3 is 1.92 bits per heavy atom. The molecule has 0 saturated carbocycles. The van der Waals surface area contributed by atoms with E-state index in [1.807, 2.05) is 12.3 Å². The van der Waals surface area contributed by atoms with E-state index in [0.717, 1.165) is 45.3 Å². The number of hydrogen-bond acceptors (Lipinski definition) is 3. The van der Waals surface area contributed by atoms with Crippen molar-refractivity contribution in [3.8, 4) is 27.9 Å². The molecule has 7 aromatic rings. The second-order valence-corrected chi connectivity index (χ2v) is 13.1. The zero-order chi connectivity index (χ0) is 32.8. The van der Waals surface area contributed by atoms with E-state index >= 15 is 0 Å². The minimum Gasteiger partial charge on any atom is -0.306 e. The smallest absolute Gasteiger partial charge is 0.165 e. The SMILES string of the molecule is CC(C)c1cc(-c2ccccc2)cc(C(C)C)c1-n1c(C2=Cc3ccccc3-c3ccccc3N2c2ccccc2)nc2cccnc21. The molecule has 1 aliphatic heterocycles. The van der Waals surface area contributed by atoms with Crippen LogP contribution < -0.4 is 4.90 Å². The first-order valence-electron chi connectivity index (χ1n) is 16.8. The summed E-state index contributed by atoms with van der Waals surface area (Å²) in [6.07, 6.45) is 4.19. The number of fused-ring (bicyclic) bond motifs is 4. The molecule has 0 aliphatic carbocycles. The third-order valence-corrected chi connectivity index (χ3v) is 9.33. The lowest BCUT2D eigenvalue weighted by Crippen LogP contribution is -2.19. The second-order valence-electron chi connectivity index (χ2n) is 13.1. The third-order valence-electron chi connectivity index (χ3n) is 9.33. The third kappa shape index (κ3) is 5.01. The van der Waals surface area contributed by atoms with Gasteiger partial charge in [0.05, 0.1) is 17.1 Å². The lowest BCUT2D eigenvalue weighted by atomic mass is 9.88. The van der Waals surface area contributed by atoms with Crippen LogP contribution in [0.5, 0.6) is 0 Å². The number of pyridine rings is 1. The standard InChI is InChI=1S/C44H38N4/c1-29(2)37-26-33(31-16-7-5-8-17-31)27-38(30(3)4)42(37)48-43-39(23-15-25-45-43)46-44(48)41-28-32-18-11-12-21-35(32)36-22-13-14-24-40(36)47(41)34-19-9-6-10-20-34/h5-30H,1-4H3. The van der Waals surface area contributed by atoms with E-state index < -0.39 is 0 Å². The van der Waals surface area contributed by atoms with Crippen LogP contribution in [0.1, 0.15) is 62.0 Å². The van der Waals surface area contributed by atoms with Gasteiger partial charge in [-0.2, -0.15) is 0 Å². The van der Waals surface area contributed by atoms with Gasteiger partial charge in [-0.25, -0.2) is 9.97 Å². The van der Waals surface area contributed by atoms with Crippen molar-refractivity contribution in [1.82, 2.24) is 14.5 Å². The highest BCUT2D eigenvalue weighted by molar-refractivity contribution is 6.04. The van der Waals surface area contributed by atoms with Gasteiger partial charge in [0.25, 0.3) is 0 Å². The van der Waals surface area contributed by atoms with Crippen LogP contribution in [-0.4, -0.2) is 14.5 Å². The molecule has 0 bridgehead atoms. The van der Waals surface area contributed by atoms with Gasteiger partial charge in [0.15, 0.2) is 11.5 Å². The molecule has 5 aromatic carbocycles. The number of imidazole rings is 1. The monoisotopic (exact) mass is 622 g/mol. The van der Waals surface area contributed by atoms with Gasteiger partial charge < -0.3 is 4.90 Å². The van der Waals surface area contributed by atoms with Gasteiger partial charge in [-0.15, -0.1) is 0 Å². The first-order chi connectivity index (χ1) is 23.5. The van der Waals surface area contributed by atoms with Gasteiger partial charge in [0.2, 0.25) is 0 Å². The summed E-state index contributed by atoms with van der Waals surface area (Å²) >= 11 is 0. The van der Waals surface area contributed by atoms with Crippen molar-refractivity contribution in [2.75, 3.05) is 4.90 Å². The van der Waals surface area contributed by atoms with Crippen molar-refractivity contribution in [2.24, 2.45) is 0 Å². The fraction of sp³-hybridized carbons (Fsp3) is 0.136. The molecule has 0 N–H and O–H groups in total. The molecule has 4 nitrogen and oxygen atoms in total. The molecule has 0 amide bonds. The van der Waals surface area contributed by atoms with E-state index in [-0.39, 0.29) is 11.8 Å². The molecule has 3 heterocycles. The molecule has 0 fully saturated rings.